The lowest BCUT2D eigenvalue weighted by atomic mass is 10.2. The number of hydrogen-bond acceptors (Lipinski definition) is 5. The molecule has 0 aliphatic carbocycles. The first-order chi connectivity index (χ1) is 11.5. The quantitative estimate of drug-likeness (QED) is 0.781. The van der Waals surface area contributed by atoms with Crippen molar-refractivity contribution in [2.24, 2.45) is 0 Å². The Morgan fingerprint density at radius 3 is 2.79 bits per heavy atom. The molecule has 0 spiro atoms. The highest BCUT2D eigenvalue weighted by Gasteiger charge is 2.07. The molecule has 2 aromatic heterocycles. The molecular formula is C18H21N5O. The van der Waals surface area contributed by atoms with Crippen molar-refractivity contribution in [1.82, 2.24) is 19.7 Å². The van der Waals surface area contributed by atoms with E-state index in [1.807, 2.05) is 37.3 Å². The van der Waals surface area contributed by atoms with E-state index in [-0.39, 0.29) is 11.5 Å². The van der Waals surface area contributed by atoms with Crippen LogP contribution in [0.2, 0.25) is 0 Å². The molecule has 3 aromatic rings. The Morgan fingerprint density at radius 2 is 2.00 bits per heavy atom. The Morgan fingerprint density at radius 1 is 1.21 bits per heavy atom. The van der Waals surface area contributed by atoms with E-state index in [1.165, 1.54) is 4.68 Å². The lowest BCUT2D eigenvalue weighted by molar-refractivity contribution is 0.603. The number of aromatic nitrogens is 4. The average molecular weight is 323 g/mol. The summed E-state index contributed by atoms with van der Waals surface area (Å²) in [5.41, 5.74) is 0.855. The number of anilines is 1. The van der Waals surface area contributed by atoms with Crippen molar-refractivity contribution in [3.63, 3.8) is 0 Å². The van der Waals surface area contributed by atoms with Gasteiger partial charge in [0.15, 0.2) is 0 Å². The van der Waals surface area contributed by atoms with Crippen LogP contribution in [-0.2, 0) is 6.54 Å². The van der Waals surface area contributed by atoms with E-state index in [0.29, 0.717) is 18.5 Å². The lowest BCUT2D eigenvalue weighted by Gasteiger charge is -2.11. The highest BCUT2D eigenvalue weighted by molar-refractivity contribution is 5.80. The Kier molecular flexibility index (Phi) is 4.55. The van der Waals surface area contributed by atoms with E-state index < -0.39 is 0 Å². The molecular weight excluding hydrogens is 302 g/mol. The number of benzene rings is 1. The van der Waals surface area contributed by atoms with Crippen LogP contribution in [0.3, 0.4) is 0 Å². The Balaban J connectivity index is 1.73. The molecule has 1 aromatic carbocycles. The summed E-state index contributed by atoms with van der Waals surface area (Å²) in [5.74, 6) is 1.87. The van der Waals surface area contributed by atoms with E-state index in [9.17, 15) is 4.79 Å². The van der Waals surface area contributed by atoms with Crippen LogP contribution in [0.4, 0.5) is 5.82 Å². The summed E-state index contributed by atoms with van der Waals surface area (Å²) in [7, 11) is 0. The van der Waals surface area contributed by atoms with Crippen molar-refractivity contribution in [2.75, 3.05) is 11.9 Å². The smallest absolute Gasteiger partial charge is 0.274 e. The Hall–Kier alpha value is -2.76. The van der Waals surface area contributed by atoms with Gasteiger partial charge in [0.2, 0.25) is 0 Å². The van der Waals surface area contributed by atoms with Gasteiger partial charge < -0.3 is 5.32 Å². The topological polar surface area (TPSA) is 72.7 Å². The van der Waals surface area contributed by atoms with Crippen LogP contribution in [0.15, 0.2) is 41.3 Å². The second kappa shape index (κ2) is 6.78. The zero-order valence-corrected chi connectivity index (χ0v) is 14.2. The number of hydrogen-bond donors (Lipinski definition) is 1. The van der Waals surface area contributed by atoms with E-state index in [0.717, 1.165) is 22.7 Å². The first kappa shape index (κ1) is 16.1. The van der Waals surface area contributed by atoms with Gasteiger partial charge in [-0.05, 0) is 13.0 Å². The van der Waals surface area contributed by atoms with Gasteiger partial charge in [-0.15, -0.1) is 0 Å². The fourth-order valence-corrected chi connectivity index (χ4v) is 2.52. The second-order valence-corrected chi connectivity index (χ2v) is 6.09. The second-order valence-electron chi connectivity index (χ2n) is 6.09. The zero-order valence-electron chi connectivity index (χ0n) is 14.2. The Labute approximate surface area is 140 Å². The summed E-state index contributed by atoms with van der Waals surface area (Å²) < 4.78 is 1.48. The predicted octanol–water partition coefficient (Wildman–Crippen LogP) is 2.73. The van der Waals surface area contributed by atoms with E-state index in [2.05, 4.69) is 34.2 Å². The standard InChI is InChI=1S/C18H21N5O/c1-12(2)17-21-13(3)10-16(22-17)19-8-9-23-18(24)15-7-5-4-6-14(15)11-20-23/h4-7,10-12H,8-9H2,1-3H3,(H,19,21,22). The number of nitrogens with one attached hydrogen (secondary N) is 1. The first-order valence-corrected chi connectivity index (χ1v) is 8.09. The molecule has 0 radical (unpaired) electrons. The van der Waals surface area contributed by atoms with Crippen LogP contribution < -0.4 is 10.9 Å². The minimum absolute atomic E-state index is 0.0726. The van der Waals surface area contributed by atoms with Crippen LogP contribution in [0.5, 0.6) is 0 Å². The number of aryl methyl sites for hydroxylation is 1. The molecule has 0 saturated carbocycles. The highest BCUT2D eigenvalue weighted by atomic mass is 16.1. The van der Waals surface area contributed by atoms with Gasteiger partial charge in [0.25, 0.3) is 5.56 Å². The van der Waals surface area contributed by atoms with E-state index in [1.54, 1.807) is 6.20 Å². The summed E-state index contributed by atoms with van der Waals surface area (Å²) in [6, 6.07) is 9.39. The zero-order chi connectivity index (χ0) is 17.1. The molecule has 24 heavy (non-hydrogen) atoms. The molecule has 0 aliphatic heterocycles. The molecule has 0 saturated heterocycles. The molecule has 0 aliphatic rings. The minimum atomic E-state index is -0.0726. The summed E-state index contributed by atoms with van der Waals surface area (Å²) in [6.45, 7) is 7.13. The normalized spacial score (nSPS) is 11.2. The number of nitrogens with zero attached hydrogens (tertiary/aromatic N) is 4. The van der Waals surface area contributed by atoms with Crippen molar-refractivity contribution in [3.05, 3.63) is 58.4 Å². The lowest BCUT2D eigenvalue weighted by Crippen LogP contribution is -2.26. The SMILES string of the molecule is Cc1cc(NCCn2ncc3ccccc3c2=O)nc(C(C)C)n1. The van der Waals surface area contributed by atoms with Gasteiger partial charge in [0, 0.05) is 29.6 Å². The first-order valence-electron chi connectivity index (χ1n) is 8.09. The molecule has 6 heteroatoms. The molecule has 0 amide bonds. The molecule has 0 atom stereocenters. The fourth-order valence-electron chi connectivity index (χ4n) is 2.52. The molecule has 2 heterocycles. The van der Waals surface area contributed by atoms with Crippen LogP contribution in [-0.4, -0.2) is 26.3 Å². The van der Waals surface area contributed by atoms with Gasteiger partial charge in [-0.1, -0.05) is 32.0 Å². The monoisotopic (exact) mass is 323 g/mol. The van der Waals surface area contributed by atoms with E-state index in [4.69, 9.17) is 0 Å². The van der Waals surface area contributed by atoms with Crippen LogP contribution in [0.25, 0.3) is 10.8 Å². The molecule has 6 nitrogen and oxygen atoms in total. The average Bonchev–Trinajstić information content (AvgIpc) is 2.56. The van der Waals surface area contributed by atoms with Gasteiger partial charge in [0.1, 0.15) is 11.6 Å². The van der Waals surface area contributed by atoms with Gasteiger partial charge in [-0.25, -0.2) is 14.6 Å². The fraction of sp³-hybridized carbons (Fsp3) is 0.333. The maximum atomic E-state index is 12.4. The molecule has 3 rings (SSSR count). The third kappa shape index (κ3) is 3.42. The molecule has 0 unspecified atom stereocenters. The van der Waals surface area contributed by atoms with Gasteiger partial charge in [-0.3, -0.25) is 4.79 Å². The largest absolute Gasteiger partial charge is 0.368 e. The van der Waals surface area contributed by atoms with E-state index >= 15 is 0 Å². The number of rotatable bonds is 5. The molecule has 124 valence electrons. The van der Waals surface area contributed by atoms with Gasteiger partial charge in [-0.2, -0.15) is 5.10 Å². The maximum absolute atomic E-state index is 12.4. The summed E-state index contributed by atoms with van der Waals surface area (Å²) >= 11 is 0. The Bertz CT molecular complexity index is 917. The minimum Gasteiger partial charge on any atom is -0.368 e. The summed E-state index contributed by atoms with van der Waals surface area (Å²) in [4.78, 5) is 21.4. The molecule has 0 fully saturated rings. The van der Waals surface area contributed by atoms with Crippen molar-refractivity contribution in [1.29, 1.82) is 0 Å². The van der Waals surface area contributed by atoms with Gasteiger partial charge in [0.05, 0.1) is 18.1 Å². The third-order valence-electron chi connectivity index (χ3n) is 3.78. The third-order valence-corrected chi connectivity index (χ3v) is 3.78. The van der Waals surface area contributed by atoms with Crippen molar-refractivity contribution < 1.29 is 0 Å². The highest BCUT2D eigenvalue weighted by Crippen LogP contribution is 2.13. The summed E-state index contributed by atoms with van der Waals surface area (Å²) in [5, 5.41) is 9.03. The maximum Gasteiger partial charge on any atom is 0.274 e. The van der Waals surface area contributed by atoms with Crippen molar-refractivity contribution in [3.8, 4) is 0 Å². The molecule has 1 N–H and O–H groups in total. The van der Waals surface area contributed by atoms with Crippen molar-refractivity contribution >= 4 is 16.6 Å². The molecule has 0 bridgehead atoms. The van der Waals surface area contributed by atoms with Crippen LogP contribution >= 0.6 is 0 Å². The van der Waals surface area contributed by atoms with Crippen LogP contribution in [0.1, 0.15) is 31.3 Å². The van der Waals surface area contributed by atoms with Crippen LogP contribution in [0, 0.1) is 6.92 Å². The number of fused-ring (bicyclic) bond motifs is 1. The van der Waals surface area contributed by atoms with Gasteiger partial charge >= 0.3 is 0 Å². The van der Waals surface area contributed by atoms with Crippen molar-refractivity contribution in [2.45, 2.75) is 33.2 Å². The predicted molar refractivity (Wildman–Crippen MR) is 95.4 cm³/mol. The summed E-state index contributed by atoms with van der Waals surface area (Å²) in [6.07, 6.45) is 1.72.